The zero-order valence-corrected chi connectivity index (χ0v) is 15.2. The number of carbonyl (C=O) groups excluding carboxylic acids is 1. The SMILES string of the molecule is CC(C)(C)OC(=O)N1CCC[C@H]1c1nc(-c2c[nH]c3ccccc23)no1. The molecule has 26 heavy (non-hydrogen) atoms. The number of nitrogens with zero attached hydrogens (tertiary/aromatic N) is 3. The smallest absolute Gasteiger partial charge is 0.410 e. The van der Waals surface area contributed by atoms with E-state index in [2.05, 4.69) is 15.1 Å². The van der Waals surface area contributed by atoms with E-state index in [-0.39, 0.29) is 12.1 Å². The summed E-state index contributed by atoms with van der Waals surface area (Å²) in [6, 6.07) is 7.72. The topological polar surface area (TPSA) is 84.2 Å². The van der Waals surface area contributed by atoms with Crippen molar-refractivity contribution in [2.24, 2.45) is 0 Å². The molecule has 0 bridgehead atoms. The summed E-state index contributed by atoms with van der Waals surface area (Å²) in [5.74, 6) is 0.974. The molecule has 0 aliphatic carbocycles. The highest BCUT2D eigenvalue weighted by molar-refractivity contribution is 5.93. The molecule has 1 aliphatic rings. The van der Waals surface area contributed by atoms with E-state index >= 15 is 0 Å². The van der Waals surface area contributed by atoms with Crippen LogP contribution in [0, 0.1) is 0 Å². The Morgan fingerprint density at radius 3 is 2.96 bits per heavy atom. The molecular weight excluding hydrogens is 332 g/mol. The molecule has 1 aliphatic heterocycles. The number of likely N-dealkylation sites (tertiary alicyclic amines) is 1. The van der Waals surface area contributed by atoms with Crippen LogP contribution in [0.25, 0.3) is 22.3 Å². The number of nitrogens with one attached hydrogen (secondary N) is 1. The summed E-state index contributed by atoms with van der Waals surface area (Å²) in [7, 11) is 0. The molecular formula is C19H22N4O3. The maximum absolute atomic E-state index is 12.5. The molecule has 3 aromatic rings. The van der Waals surface area contributed by atoms with Crippen molar-refractivity contribution in [1.82, 2.24) is 20.0 Å². The summed E-state index contributed by atoms with van der Waals surface area (Å²) in [4.78, 5) is 21.9. The average molecular weight is 354 g/mol. The van der Waals surface area contributed by atoms with Gasteiger partial charge in [-0.15, -0.1) is 0 Å². The van der Waals surface area contributed by atoms with Gasteiger partial charge in [0.1, 0.15) is 11.6 Å². The van der Waals surface area contributed by atoms with Crippen LogP contribution in [0.15, 0.2) is 35.0 Å². The zero-order chi connectivity index (χ0) is 18.3. The molecule has 0 radical (unpaired) electrons. The molecule has 0 spiro atoms. The van der Waals surface area contributed by atoms with Gasteiger partial charge in [0.15, 0.2) is 0 Å². The minimum absolute atomic E-state index is 0.240. The van der Waals surface area contributed by atoms with Crippen molar-refractivity contribution in [3.05, 3.63) is 36.4 Å². The van der Waals surface area contributed by atoms with Gasteiger partial charge in [0.2, 0.25) is 11.7 Å². The Morgan fingerprint density at radius 2 is 2.15 bits per heavy atom. The summed E-state index contributed by atoms with van der Waals surface area (Å²) in [5, 5.41) is 5.17. The molecule has 3 heterocycles. The Kier molecular flexibility index (Phi) is 3.94. The van der Waals surface area contributed by atoms with Gasteiger partial charge in [0.25, 0.3) is 0 Å². The van der Waals surface area contributed by atoms with Crippen LogP contribution in [-0.2, 0) is 4.74 Å². The van der Waals surface area contributed by atoms with Gasteiger partial charge in [-0.1, -0.05) is 23.4 Å². The molecule has 1 saturated heterocycles. The summed E-state index contributed by atoms with van der Waals surface area (Å²) in [6.07, 6.45) is 3.20. The van der Waals surface area contributed by atoms with Gasteiger partial charge >= 0.3 is 6.09 Å². The molecule has 7 heteroatoms. The van der Waals surface area contributed by atoms with E-state index in [1.807, 2.05) is 51.2 Å². The van der Waals surface area contributed by atoms with Crippen molar-refractivity contribution in [2.45, 2.75) is 45.3 Å². The average Bonchev–Trinajstić information content (AvgIpc) is 3.31. The second-order valence-corrected chi connectivity index (χ2v) is 7.54. The largest absolute Gasteiger partial charge is 0.444 e. The van der Waals surface area contributed by atoms with E-state index in [0.717, 1.165) is 29.3 Å². The molecule has 1 atom stereocenters. The first-order valence-corrected chi connectivity index (χ1v) is 8.82. The lowest BCUT2D eigenvalue weighted by atomic mass is 10.1. The number of hydrogen-bond acceptors (Lipinski definition) is 5. The van der Waals surface area contributed by atoms with Crippen LogP contribution < -0.4 is 0 Å². The first-order chi connectivity index (χ1) is 12.4. The number of hydrogen-bond donors (Lipinski definition) is 1. The Bertz CT molecular complexity index is 938. The maximum Gasteiger partial charge on any atom is 0.410 e. The Labute approximate surface area is 151 Å². The Morgan fingerprint density at radius 1 is 1.35 bits per heavy atom. The van der Waals surface area contributed by atoms with Gasteiger partial charge in [-0.2, -0.15) is 4.98 Å². The highest BCUT2D eigenvalue weighted by Gasteiger charge is 2.36. The molecule has 1 amide bonds. The zero-order valence-electron chi connectivity index (χ0n) is 15.2. The van der Waals surface area contributed by atoms with Gasteiger partial charge in [0, 0.05) is 29.2 Å². The van der Waals surface area contributed by atoms with Crippen molar-refractivity contribution in [3.8, 4) is 11.4 Å². The molecule has 2 aromatic heterocycles. The number of para-hydroxylation sites is 1. The minimum Gasteiger partial charge on any atom is -0.444 e. The lowest BCUT2D eigenvalue weighted by Gasteiger charge is -2.26. The van der Waals surface area contributed by atoms with E-state index in [4.69, 9.17) is 9.26 Å². The number of rotatable bonds is 2. The van der Waals surface area contributed by atoms with Crippen LogP contribution in [0.3, 0.4) is 0 Å². The van der Waals surface area contributed by atoms with E-state index in [1.54, 1.807) is 4.90 Å². The second kappa shape index (κ2) is 6.16. The van der Waals surface area contributed by atoms with Crippen molar-refractivity contribution < 1.29 is 14.1 Å². The van der Waals surface area contributed by atoms with Crippen LogP contribution >= 0.6 is 0 Å². The predicted octanol–water partition coefficient (Wildman–Crippen LogP) is 4.29. The number of H-pyrrole nitrogens is 1. The molecule has 1 N–H and O–H groups in total. The van der Waals surface area contributed by atoms with Crippen LogP contribution in [0.5, 0.6) is 0 Å². The fraction of sp³-hybridized carbons (Fsp3) is 0.421. The van der Waals surface area contributed by atoms with Crippen LogP contribution in [0.4, 0.5) is 4.79 Å². The fourth-order valence-electron chi connectivity index (χ4n) is 3.30. The summed E-state index contributed by atoms with van der Waals surface area (Å²) in [6.45, 7) is 6.21. The standard InChI is InChI=1S/C19H22N4O3/c1-19(2,3)25-18(24)23-10-6-9-15(23)17-21-16(22-26-17)13-11-20-14-8-5-4-7-12(13)14/h4-5,7-8,11,15,20H,6,9-10H2,1-3H3/t15-/m0/s1. The number of carbonyl (C=O) groups is 1. The molecule has 0 saturated carbocycles. The van der Waals surface area contributed by atoms with Gasteiger partial charge in [0.05, 0.1) is 0 Å². The monoisotopic (exact) mass is 354 g/mol. The van der Waals surface area contributed by atoms with Crippen molar-refractivity contribution in [2.75, 3.05) is 6.54 Å². The number of ether oxygens (including phenoxy) is 1. The lowest BCUT2D eigenvalue weighted by Crippen LogP contribution is -2.36. The van der Waals surface area contributed by atoms with Gasteiger partial charge in [-0.05, 0) is 39.7 Å². The van der Waals surface area contributed by atoms with E-state index < -0.39 is 5.60 Å². The van der Waals surface area contributed by atoms with Crippen LogP contribution in [0.2, 0.25) is 0 Å². The quantitative estimate of drug-likeness (QED) is 0.742. The van der Waals surface area contributed by atoms with Crippen LogP contribution in [-0.4, -0.2) is 38.3 Å². The number of benzene rings is 1. The third-order valence-corrected chi connectivity index (χ3v) is 4.44. The third-order valence-electron chi connectivity index (χ3n) is 4.44. The normalized spacial score (nSPS) is 17.8. The summed E-state index contributed by atoms with van der Waals surface area (Å²) < 4.78 is 11.0. The molecule has 7 nitrogen and oxygen atoms in total. The predicted molar refractivity (Wildman–Crippen MR) is 96.5 cm³/mol. The molecule has 4 rings (SSSR count). The van der Waals surface area contributed by atoms with E-state index in [1.165, 1.54) is 0 Å². The first kappa shape index (κ1) is 16.6. The highest BCUT2D eigenvalue weighted by Crippen LogP contribution is 2.34. The molecule has 136 valence electrons. The summed E-state index contributed by atoms with van der Waals surface area (Å²) >= 11 is 0. The van der Waals surface area contributed by atoms with Gasteiger partial charge < -0.3 is 14.2 Å². The molecule has 1 fully saturated rings. The summed E-state index contributed by atoms with van der Waals surface area (Å²) in [5.41, 5.74) is 1.37. The number of fused-ring (bicyclic) bond motifs is 1. The number of aromatic amines is 1. The Balaban J connectivity index is 1.60. The number of aromatic nitrogens is 3. The first-order valence-electron chi connectivity index (χ1n) is 8.82. The van der Waals surface area contributed by atoms with Crippen molar-refractivity contribution >= 4 is 17.0 Å². The second-order valence-electron chi connectivity index (χ2n) is 7.54. The molecule has 1 aromatic carbocycles. The van der Waals surface area contributed by atoms with Crippen LogP contribution in [0.1, 0.15) is 45.5 Å². The van der Waals surface area contributed by atoms with E-state index in [9.17, 15) is 4.79 Å². The number of amides is 1. The van der Waals surface area contributed by atoms with E-state index in [0.29, 0.717) is 18.3 Å². The maximum atomic E-state index is 12.5. The third kappa shape index (κ3) is 3.05. The van der Waals surface area contributed by atoms with Crippen molar-refractivity contribution in [1.29, 1.82) is 0 Å². The Hall–Kier alpha value is -2.83. The van der Waals surface area contributed by atoms with Gasteiger partial charge in [-0.25, -0.2) is 4.79 Å². The highest BCUT2D eigenvalue weighted by atomic mass is 16.6. The van der Waals surface area contributed by atoms with Crippen molar-refractivity contribution in [3.63, 3.8) is 0 Å². The van der Waals surface area contributed by atoms with Gasteiger partial charge in [-0.3, -0.25) is 4.90 Å². The molecule has 0 unspecified atom stereocenters. The lowest BCUT2D eigenvalue weighted by molar-refractivity contribution is 0.0199. The minimum atomic E-state index is -0.533. The fourth-order valence-corrected chi connectivity index (χ4v) is 3.30.